The molecule has 0 saturated heterocycles. The normalized spacial score (nSPS) is 22.8. The summed E-state index contributed by atoms with van der Waals surface area (Å²) in [5, 5.41) is 10.6. The fraction of sp³-hybridized carbons (Fsp3) is 0.692. The zero-order valence-corrected chi connectivity index (χ0v) is 12.1. The summed E-state index contributed by atoms with van der Waals surface area (Å²) in [6.45, 7) is 1.94. The van der Waals surface area contributed by atoms with Crippen LogP contribution >= 0.6 is 11.8 Å². The summed E-state index contributed by atoms with van der Waals surface area (Å²) in [5.74, 6) is -0.137. The molecular weight excluding hydrogens is 264 g/mol. The van der Waals surface area contributed by atoms with Crippen LogP contribution in [0.2, 0.25) is 0 Å². The zero-order valence-electron chi connectivity index (χ0n) is 11.3. The number of nitrogens with one attached hydrogen (secondary N) is 1. The molecule has 2 N–H and O–H groups in total. The lowest BCUT2D eigenvalue weighted by molar-refractivity contribution is 0.359. The van der Waals surface area contributed by atoms with E-state index < -0.39 is 11.2 Å². The number of aromatic amines is 1. The first-order valence-corrected chi connectivity index (χ1v) is 7.98. The maximum Gasteiger partial charge on any atom is 0.331 e. The summed E-state index contributed by atoms with van der Waals surface area (Å²) >= 11 is 1.71. The molecule has 0 aliphatic heterocycles. The number of nitrogens with zero attached hydrogens (tertiary/aromatic N) is 1. The molecule has 1 aromatic heterocycles. The molecule has 0 amide bonds. The topological polar surface area (TPSA) is 75.1 Å². The zero-order chi connectivity index (χ0) is 14.0. The number of H-pyrrole nitrogens is 1. The van der Waals surface area contributed by atoms with Gasteiger partial charge in [0.15, 0.2) is 0 Å². The molecule has 0 bridgehead atoms. The van der Waals surface area contributed by atoms with Crippen LogP contribution in [0, 0.1) is 0 Å². The van der Waals surface area contributed by atoms with Crippen LogP contribution in [-0.4, -0.2) is 26.2 Å². The van der Waals surface area contributed by atoms with Gasteiger partial charge in [-0.25, -0.2) is 4.79 Å². The molecule has 1 saturated carbocycles. The third-order valence-electron chi connectivity index (χ3n) is 3.76. The van der Waals surface area contributed by atoms with Crippen molar-refractivity contribution in [1.29, 1.82) is 0 Å². The molecule has 1 aliphatic rings. The summed E-state index contributed by atoms with van der Waals surface area (Å²) in [6.07, 6.45) is 6.22. The van der Waals surface area contributed by atoms with Gasteiger partial charge in [0.1, 0.15) is 0 Å². The van der Waals surface area contributed by atoms with E-state index in [4.69, 9.17) is 0 Å². The summed E-state index contributed by atoms with van der Waals surface area (Å²) in [4.78, 5) is 26.1. The summed E-state index contributed by atoms with van der Waals surface area (Å²) < 4.78 is 1.39. The molecule has 1 aliphatic carbocycles. The van der Waals surface area contributed by atoms with Crippen LogP contribution in [0.1, 0.15) is 44.2 Å². The molecule has 1 heterocycles. The molecule has 19 heavy (non-hydrogen) atoms. The first kappa shape index (κ1) is 14.2. The van der Waals surface area contributed by atoms with E-state index >= 15 is 0 Å². The second-order valence-corrected chi connectivity index (χ2v) is 6.03. The Hall–Kier alpha value is -1.17. The van der Waals surface area contributed by atoms with Crippen LogP contribution in [-0.2, 0) is 6.42 Å². The number of rotatable bonds is 4. The van der Waals surface area contributed by atoms with E-state index in [2.05, 4.69) is 4.98 Å². The monoisotopic (exact) mass is 284 g/mol. The Morgan fingerprint density at radius 3 is 2.79 bits per heavy atom. The van der Waals surface area contributed by atoms with Crippen molar-refractivity contribution in [1.82, 2.24) is 9.55 Å². The molecule has 2 unspecified atom stereocenters. The van der Waals surface area contributed by atoms with Crippen molar-refractivity contribution < 1.29 is 5.11 Å². The van der Waals surface area contributed by atoms with E-state index in [1.165, 1.54) is 4.57 Å². The molecular formula is C13H20N2O3S. The van der Waals surface area contributed by atoms with Crippen LogP contribution in [0.3, 0.4) is 0 Å². The van der Waals surface area contributed by atoms with Crippen LogP contribution in [0.15, 0.2) is 9.59 Å². The van der Waals surface area contributed by atoms with E-state index in [9.17, 15) is 14.7 Å². The highest BCUT2D eigenvalue weighted by Crippen LogP contribution is 2.38. The Bertz CT molecular complexity index is 564. The maximum absolute atomic E-state index is 12.0. The van der Waals surface area contributed by atoms with Crippen molar-refractivity contribution in [3.63, 3.8) is 0 Å². The van der Waals surface area contributed by atoms with Crippen LogP contribution in [0.4, 0.5) is 0 Å². The van der Waals surface area contributed by atoms with E-state index in [0.717, 1.165) is 25.7 Å². The standard InChI is InChI=1S/C13H20N2O3S/c1-3-5-8-11(16)14-13(18)15(12(8)17)9-6-4-7-10(9)19-2/h9-10,17H,3-7H2,1-2H3,(H,14,16,18). The average molecular weight is 284 g/mol. The van der Waals surface area contributed by atoms with Gasteiger partial charge in [-0.2, -0.15) is 11.8 Å². The lowest BCUT2D eigenvalue weighted by Gasteiger charge is -2.22. The molecule has 0 spiro atoms. The van der Waals surface area contributed by atoms with Crippen molar-refractivity contribution in [2.45, 2.75) is 50.3 Å². The second kappa shape index (κ2) is 5.86. The lowest BCUT2D eigenvalue weighted by atomic mass is 10.1. The van der Waals surface area contributed by atoms with E-state index in [1.807, 2.05) is 13.2 Å². The van der Waals surface area contributed by atoms with Gasteiger partial charge in [-0.3, -0.25) is 14.3 Å². The Labute approximate surface area is 116 Å². The molecule has 5 nitrogen and oxygen atoms in total. The van der Waals surface area contributed by atoms with Crippen molar-refractivity contribution in [3.05, 3.63) is 26.4 Å². The van der Waals surface area contributed by atoms with Gasteiger partial charge in [-0.1, -0.05) is 19.8 Å². The number of hydrogen-bond acceptors (Lipinski definition) is 4. The molecule has 2 rings (SSSR count). The lowest BCUT2D eigenvalue weighted by Crippen LogP contribution is -2.36. The summed E-state index contributed by atoms with van der Waals surface area (Å²) in [5.41, 5.74) is -0.624. The van der Waals surface area contributed by atoms with Gasteiger partial charge in [0.05, 0.1) is 11.6 Å². The fourth-order valence-electron chi connectivity index (χ4n) is 2.84. The van der Waals surface area contributed by atoms with Gasteiger partial charge in [0.25, 0.3) is 5.56 Å². The quantitative estimate of drug-likeness (QED) is 0.881. The Morgan fingerprint density at radius 2 is 2.16 bits per heavy atom. The van der Waals surface area contributed by atoms with Crippen LogP contribution in [0.25, 0.3) is 0 Å². The fourth-order valence-corrected chi connectivity index (χ4v) is 3.81. The molecule has 6 heteroatoms. The first-order valence-electron chi connectivity index (χ1n) is 6.69. The van der Waals surface area contributed by atoms with E-state index in [-0.39, 0.29) is 11.9 Å². The number of aromatic nitrogens is 2. The molecule has 2 atom stereocenters. The predicted molar refractivity (Wildman–Crippen MR) is 77.2 cm³/mol. The number of hydrogen-bond donors (Lipinski definition) is 2. The highest BCUT2D eigenvalue weighted by molar-refractivity contribution is 7.99. The largest absolute Gasteiger partial charge is 0.494 e. The van der Waals surface area contributed by atoms with Gasteiger partial charge < -0.3 is 5.11 Å². The number of thioether (sulfide) groups is 1. The minimum atomic E-state index is -0.492. The van der Waals surface area contributed by atoms with Crippen LogP contribution < -0.4 is 11.2 Å². The van der Waals surface area contributed by atoms with E-state index in [1.54, 1.807) is 11.8 Å². The first-order chi connectivity index (χ1) is 9.10. The highest BCUT2D eigenvalue weighted by atomic mass is 32.2. The smallest absolute Gasteiger partial charge is 0.331 e. The minimum absolute atomic E-state index is 0.0186. The van der Waals surface area contributed by atoms with Gasteiger partial charge in [-0.05, 0) is 25.5 Å². The Balaban J connectivity index is 2.54. The third kappa shape index (κ3) is 2.59. The van der Waals surface area contributed by atoms with Gasteiger partial charge in [-0.15, -0.1) is 0 Å². The number of aromatic hydroxyl groups is 1. The van der Waals surface area contributed by atoms with Crippen molar-refractivity contribution in [2.24, 2.45) is 0 Å². The Morgan fingerprint density at radius 1 is 1.42 bits per heavy atom. The van der Waals surface area contributed by atoms with Crippen LogP contribution in [0.5, 0.6) is 5.88 Å². The molecule has 0 aromatic carbocycles. The molecule has 1 aromatic rings. The van der Waals surface area contributed by atoms with Gasteiger partial charge >= 0.3 is 5.69 Å². The summed E-state index contributed by atoms with van der Waals surface area (Å²) in [6, 6.07) is -0.0186. The molecule has 106 valence electrons. The van der Waals surface area contributed by atoms with Gasteiger partial charge in [0.2, 0.25) is 5.88 Å². The second-order valence-electron chi connectivity index (χ2n) is 4.95. The predicted octanol–water partition coefficient (Wildman–Crippen LogP) is 1.65. The average Bonchev–Trinajstić information content (AvgIpc) is 2.82. The van der Waals surface area contributed by atoms with Crippen molar-refractivity contribution in [2.75, 3.05) is 6.26 Å². The SMILES string of the molecule is CCCc1c(O)n(C2CCCC2SC)c(=O)[nH]c1=O. The minimum Gasteiger partial charge on any atom is -0.494 e. The van der Waals surface area contributed by atoms with Crippen molar-refractivity contribution in [3.8, 4) is 5.88 Å². The van der Waals surface area contributed by atoms with Gasteiger partial charge in [0, 0.05) is 5.25 Å². The Kier molecular flexibility index (Phi) is 4.39. The molecule has 1 fully saturated rings. The summed E-state index contributed by atoms with van der Waals surface area (Å²) in [7, 11) is 0. The molecule has 0 radical (unpaired) electrons. The third-order valence-corrected chi connectivity index (χ3v) is 4.92. The highest BCUT2D eigenvalue weighted by Gasteiger charge is 2.31. The van der Waals surface area contributed by atoms with Crippen molar-refractivity contribution >= 4 is 11.8 Å². The maximum atomic E-state index is 12.0. The van der Waals surface area contributed by atoms with E-state index in [0.29, 0.717) is 17.2 Å².